The number of nitrogens with zero attached hydrogens (tertiary/aromatic N) is 3. The number of thiophene rings is 1. The Hall–Kier alpha value is -3.68. The lowest BCUT2D eigenvalue weighted by molar-refractivity contribution is -0.138. The third kappa shape index (κ3) is 7.49. The highest BCUT2D eigenvalue weighted by Gasteiger charge is 2.33. The van der Waals surface area contributed by atoms with Gasteiger partial charge >= 0.3 is 6.18 Å². The number of rotatable bonds is 10. The van der Waals surface area contributed by atoms with Crippen LogP contribution in [-0.4, -0.2) is 61.3 Å². The number of nitrogens with two attached hydrogens (primary N) is 1. The minimum absolute atomic E-state index is 0.0301. The molecule has 40 heavy (non-hydrogen) atoms. The van der Waals surface area contributed by atoms with Crippen LogP contribution >= 0.6 is 11.3 Å². The van der Waals surface area contributed by atoms with Crippen LogP contribution in [0.15, 0.2) is 48.8 Å². The highest BCUT2D eigenvalue weighted by Crippen LogP contribution is 2.36. The number of halogens is 4. The molecule has 0 aliphatic carbocycles. The van der Waals surface area contributed by atoms with Gasteiger partial charge in [0.2, 0.25) is 0 Å². The SMILES string of the molecule is CCN(C)CCOc1cc2c(cc1F)ncn2-c1cc(OCc2ccccc2C(F)(F)F)c(C(N)=O)s1.COC. The average molecular weight is 583 g/mol. The predicted molar refractivity (Wildman–Crippen MR) is 145 cm³/mol. The number of hydrogen-bond acceptors (Lipinski definition) is 7. The summed E-state index contributed by atoms with van der Waals surface area (Å²) in [6.45, 7) is 3.29. The molecule has 216 valence electrons. The van der Waals surface area contributed by atoms with Gasteiger partial charge in [0.05, 0.1) is 16.6 Å². The van der Waals surface area contributed by atoms with E-state index in [1.54, 1.807) is 18.8 Å². The zero-order chi connectivity index (χ0) is 29.4. The van der Waals surface area contributed by atoms with Crippen molar-refractivity contribution in [1.82, 2.24) is 14.5 Å². The fraction of sp³-hybridized carbons (Fsp3) is 0.333. The molecule has 2 N–H and O–H groups in total. The molecule has 0 radical (unpaired) electrons. The lowest BCUT2D eigenvalue weighted by Crippen LogP contribution is -2.23. The summed E-state index contributed by atoms with van der Waals surface area (Å²) in [7, 11) is 5.17. The van der Waals surface area contributed by atoms with Crippen LogP contribution in [0.3, 0.4) is 0 Å². The monoisotopic (exact) mass is 582 g/mol. The van der Waals surface area contributed by atoms with E-state index in [0.29, 0.717) is 22.6 Å². The maximum Gasteiger partial charge on any atom is 0.416 e. The molecule has 2 aromatic carbocycles. The lowest BCUT2D eigenvalue weighted by atomic mass is 10.1. The molecule has 0 aliphatic heterocycles. The van der Waals surface area contributed by atoms with Crippen LogP contribution < -0.4 is 15.2 Å². The van der Waals surface area contributed by atoms with Gasteiger partial charge < -0.3 is 24.8 Å². The van der Waals surface area contributed by atoms with Crippen molar-refractivity contribution >= 4 is 28.3 Å². The van der Waals surface area contributed by atoms with Gasteiger partial charge in [-0.3, -0.25) is 9.36 Å². The van der Waals surface area contributed by atoms with E-state index in [4.69, 9.17) is 15.2 Å². The summed E-state index contributed by atoms with van der Waals surface area (Å²) in [5.41, 5.74) is 5.46. The van der Waals surface area contributed by atoms with Gasteiger partial charge in [-0.15, -0.1) is 11.3 Å². The molecular weight excluding hydrogens is 552 g/mol. The Morgan fingerprint density at radius 3 is 2.48 bits per heavy atom. The summed E-state index contributed by atoms with van der Waals surface area (Å²) >= 11 is 0.980. The van der Waals surface area contributed by atoms with Crippen LogP contribution in [0, 0.1) is 5.82 Å². The molecule has 0 fully saturated rings. The van der Waals surface area contributed by atoms with Crippen molar-refractivity contribution in [3.63, 3.8) is 0 Å². The fourth-order valence-electron chi connectivity index (χ4n) is 3.60. The van der Waals surface area contributed by atoms with E-state index in [0.717, 1.165) is 23.9 Å². The third-order valence-electron chi connectivity index (χ3n) is 5.72. The fourth-order valence-corrected chi connectivity index (χ4v) is 4.54. The average Bonchev–Trinajstić information content (AvgIpc) is 3.51. The first-order chi connectivity index (χ1) is 19.0. The van der Waals surface area contributed by atoms with Gasteiger partial charge in [-0.1, -0.05) is 25.1 Å². The number of likely N-dealkylation sites (N-methyl/N-ethyl adjacent to an activating group) is 1. The quantitative estimate of drug-likeness (QED) is 0.248. The normalized spacial score (nSPS) is 11.4. The topological polar surface area (TPSA) is 91.8 Å². The predicted octanol–water partition coefficient (Wildman–Crippen LogP) is 5.52. The Bertz CT molecular complexity index is 1440. The van der Waals surface area contributed by atoms with E-state index < -0.39 is 30.1 Å². The number of aromatic nitrogens is 2. The van der Waals surface area contributed by atoms with Crippen LogP contribution in [0.2, 0.25) is 0 Å². The van der Waals surface area contributed by atoms with E-state index in [9.17, 15) is 22.4 Å². The summed E-state index contributed by atoms with van der Waals surface area (Å²) in [4.78, 5) is 18.3. The Morgan fingerprint density at radius 2 is 1.82 bits per heavy atom. The Kier molecular flexibility index (Phi) is 10.5. The molecule has 4 aromatic rings. The molecule has 4 rings (SSSR count). The first kappa shape index (κ1) is 30.9. The number of alkyl halides is 3. The molecule has 0 unspecified atom stereocenters. The Labute approximate surface area is 232 Å². The van der Waals surface area contributed by atoms with Crippen molar-refractivity contribution in [2.45, 2.75) is 19.7 Å². The minimum Gasteiger partial charge on any atom is -0.489 e. The molecule has 1 amide bonds. The number of imidazole rings is 1. The van der Waals surface area contributed by atoms with Gasteiger partial charge in [0.25, 0.3) is 5.91 Å². The van der Waals surface area contributed by atoms with E-state index in [1.807, 2.05) is 18.9 Å². The van der Waals surface area contributed by atoms with Crippen molar-refractivity contribution in [3.05, 3.63) is 70.6 Å². The van der Waals surface area contributed by atoms with Crippen molar-refractivity contribution < 1.29 is 36.6 Å². The number of primary amides is 1. The van der Waals surface area contributed by atoms with Gasteiger partial charge in [0, 0.05) is 44.5 Å². The summed E-state index contributed by atoms with van der Waals surface area (Å²) in [6, 6.07) is 9.27. The summed E-state index contributed by atoms with van der Waals surface area (Å²) < 4.78 is 71.7. The lowest BCUT2D eigenvalue weighted by Gasteiger charge is -2.14. The van der Waals surface area contributed by atoms with Crippen molar-refractivity contribution in [3.8, 4) is 16.5 Å². The van der Waals surface area contributed by atoms with E-state index in [-0.39, 0.29) is 28.5 Å². The van der Waals surface area contributed by atoms with Crippen LogP contribution in [0.4, 0.5) is 17.6 Å². The summed E-state index contributed by atoms with van der Waals surface area (Å²) in [6.07, 6.45) is -3.11. The van der Waals surface area contributed by atoms with Crippen molar-refractivity contribution in [2.24, 2.45) is 5.73 Å². The zero-order valence-corrected chi connectivity index (χ0v) is 23.2. The van der Waals surface area contributed by atoms with Gasteiger partial charge in [-0.05, 0) is 19.7 Å². The van der Waals surface area contributed by atoms with Crippen LogP contribution in [0.25, 0.3) is 16.0 Å². The maximum atomic E-state index is 14.5. The number of carbonyl (C=O) groups excluding carboxylic acids is 1. The minimum atomic E-state index is -4.55. The van der Waals surface area contributed by atoms with Gasteiger partial charge in [-0.25, -0.2) is 9.37 Å². The Morgan fingerprint density at radius 1 is 1.12 bits per heavy atom. The van der Waals surface area contributed by atoms with Crippen LogP contribution in [-0.2, 0) is 17.5 Å². The number of amides is 1. The molecule has 2 heterocycles. The summed E-state index contributed by atoms with van der Waals surface area (Å²) in [5.74, 6) is -1.28. The third-order valence-corrected chi connectivity index (χ3v) is 6.85. The van der Waals surface area contributed by atoms with E-state index in [1.165, 1.54) is 42.7 Å². The summed E-state index contributed by atoms with van der Waals surface area (Å²) in [5, 5.41) is 0.457. The first-order valence-corrected chi connectivity index (χ1v) is 12.9. The molecule has 0 atom stereocenters. The number of fused-ring (bicyclic) bond motifs is 1. The highest BCUT2D eigenvalue weighted by atomic mass is 32.1. The molecule has 0 spiro atoms. The zero-order valence-electron chi connectivity index (χ0n) is 22.4. The van der Waals surface area contributed by atoms with E-state index >= 15 is 0 Å². The second kappa shape index (κ2) is 13.6. The van der Waals surface area contributed by atoms with Gasteiger partial charge in [0.1, 0.15) is 35.2 Å². The molecule has 0 saturated carbocycles. The number of ether oxygens (including phenoxy) is 3. The largest absolute Gasteiger partial charge is 0.489 e. The van der Waals surface area contributed by atoms with E-state index in [2.05, 4.69) is 9.72 Å². The van der Waals surface area contributed by atoms with Crippen LogP contribution in [0.1, 0.15) is 27.7 Å². The molecule has 0 saturated heterocycles. The number of methoxy groups -OCH3 is 1. The first-order valence-electron chi connectivity index (χ1n) is 12.1. The highest BCUT2D eigenvalue weighted by molar-refractivity contribution is 7.16. The molecule has 0 bridgehead atoms. The van der Waals surface area contributed by atoms with Crippen molar-refractivity contribution in [1.29, 1.82) is 0 Å². The van der Waals surface area contributed by atoms with Gasteiger partial charge in [0.15, 0.2) is 11.6 Å². The number of benzene rings is 2. The smallest absolute Gasteiger partial charge is 0.416 e. The molecule has 13 heteroatoms. The maximum absolute atomic E-state index is 14.5. The van der Waals surface area contributed by atoms with Crippen LogP contribution in [0.5, 0.6) is 11.5 Å². The number of hydrogen-bond donors (Lipinski definition) is 1. The molecule has 0 aliphatic rings. The second-order valence-electron chi connectivity index (χ2n) is 8.62. The van der Waals surface area contributed by atoms with Gasteiger partial charge in [-0.2, -0.15) is 13.2 Å². The molecule has 2 aromatic heterocycles. The second-order valence-corrected chi connectivity index (χ2v) is 9.66. The number of carbonyl (C=O) groups is 1. The van der Waals surface area contributed by atoms with Crippen molar-refractivity contribution in [2.75, 3.05) is 41.0 Å². The standard InChI is InChI=1S/C25H24F4N4O3S.C2H6O/c1-3-32(2)8-9-35-20-11-19-18(10-17(20)26)31-14-33(19)22-12-21(23(37-22)24(30)34)36-13-15-6-4-5-7-16(15)25(27,28)29;1-3-2/h4-7,10-12,14H,3,8-9,13H2,1-2H3,(H2,30,34);1-2H3. The Balaban J connectivity index is 0.00000141. The molecule has 8 nitrogen and oxygen atoms in total. The molecular formula is C27H30F4N4O4S.